The quantitative estimate of drug-likeness (QED) is 0.560. The maximum absolute atomic E-state index is 13.2. The molecular weight excluding hydrogens is 378 g/mol. The number of benzene rings is 2. The van der Waals surface area contributed by atoms with E-state index in [1.165, 1.54) is 5.56 Å². The number of hydrogen-bond donors (Lipinski definition) is 1. The lowest BCUT2D eigenvalue weighted by atomic mass is 10.0. The molecule has 1 saturated heterocycles. The number of thiophene rings is 1. The van der Waals surface area contributed by atoms with E-state index in [-0.39, 0.29) is 5.43 Å². The predicted octanol–water partition coefficient (Wildman–Crippen LogP) is 4.14. The topological polar surface area (TPSA) is 45.2 Å². The normalized spacial score (nSPS) is 17.1. The summed E-state index contributed by atoms with van der Waals surface area (Å²) in [5.74, 6) is 0.933. The predicted molar refractivity (Wildman–Crippen MR) is 122 cm³/mol. The van der Waals surface area contributed by atoms with Gasteiger partial charge in [-0.05, 0) is 37.1 Å². The van der Waals surface area contributed by atoms with Crippen molar-refractivity contribution in [3.63, 3.8) is 0 Å². The molecule has 5 rings (SSSR count). The van der Waals surface area contributed by atoms with Gasteiger partial charge >= 0.3 is 0 Å². The molecule has 0 bridgehead atoms. The van der Waals surface area contributed by atoms with E-state index >= 15 is 0 Å². The summed E-state index contributed by atoms with van der Waals surface area (Å²) in [7, 11) is 0. The summed E-state index contributed by atoms with van der Waals surface area (Å²) in [6.07, 6.45) is 0.982. The van der Waals surface area contributed by atoms with Crippen LogP contribution < -0.4 is 15.6 Å². The Hall–Kier alpha value is -2.76. The summed E-state index contributed by atoms with van der Waals surface area (Å²) in [6, 6.07) is 20.8. The minimum Gasteiger partial charge on any atom is -0.353 e. The number of hydrogen-bond acceptors (Lipinski definition) is 5. The average molecular weight is 402 g/mol. The molecule has 4 nitrogen and oxygen atoms in total. The van der Waals surface area contributed by atoms with Crippen molar-refractivity contribution < 1.29 is 0 Å². The average Bonchev–Trinajstić information content (AvgIpc) is 3.09. The highest BCUT2D eigenvalue weighted by Gasteiger charge is 2.23. The van der Waals surface area contributed by atoms with Gasteiger partial charge in [-0.15, -0.1) is 11.3 Å². The zero-order valence-corrected chi connectivity index (χ0v) is 17.2. The van der Waals surface area contributed by atoms with Crippen molar-refractivity contribution >= 4 is 38.1 Å². The first-order valence-electron chi connectivity index (χ1n) is 10.0. The summed E-state index contributed by atoms with van der Waals surface area (Å²) in [5, 5.41) is 5.32. The van der Waals surface area contributed by atoms with Gasteiger partial charge in [0.2, 0.25) is 5.43 Å². The van der Waals surface area contributed by atoms with Crippen LogP contribution in [-0.2, 0) is 6.42 Å². The van der Waals surface area contributed by atoms with Crippen LogP contribution in [0.3, 0.4) is 0 Å². The molecule has 29 heavy (non-hydrogen) atoms. The summed E-state index contributed by atoms with van der Waals surface area (Å²) in [5.41, 5.74) is 2.19. The Kier molecular flexibility index (Phi) is 4.78. The van der Waals surface area contributed by atoms with Crippen molar-refractivity contribution in [3.8, 4) is 0 Å². The van der Waals surface area contributed by atoms with Crippen molar-refractivity contribution in [2.24, 2.45) is 0 Å². The van der Waals surface area contributed by atoms with Crippen molar-refractivity contribution in [1.82, 2.24) is 10.3 Å². The first-order valence-corrected chi connectivity index (χ1v) is 10.9. The third-order valence-corrected chi connectivity index (χ3v) is 6.61. The highest BCUT2D eigenvalue weighted by atomic mass is 32.1. The van der Waals surface area contributed by atoms with E-state index in [0.29, 0.717) is 11.4 Å². The summed E-state index contributed by atoms with van der Waals surface area (Å²) < 4.78 is 0.810. The highest BCUT2D eigenvalue weighted by molar-refractivity contribution is 7.19. The van der Waals surface area contributed by atoms with E-state index in [9.17, 15) is 4.79 Å². The van der Waals surface area contributed by atoms with Gasteiger partial charge in [-0.25, -0.2) is 4.98 Å². The van der Waals surface area contributed by atoms with E-state index in [1.807, 2.05) is 24.3 Å². The fourth-order valence-corrected chi connectivity index (χ4v) is 5.16. The molecule has 0 saturated carbocycles. The number of para-hydroxylation sites is 1. The summed E-state index contributed by atoms with van der Waals surface area (Å²) in [4.78, 5) is 21.7. The third kappa shape index (κ3) is 3.52. The fourth-order valence-electron chi connectivity index (χ4n) is 4.20. The number of aromatic nitrogens is 1. The lowest BCUT2D eigenvalue weighted by Crippen LogP contribution is -2.51. The second-order valence-electron chi connectivity index (χ2n) is 7.67. The zero-order valence-electron chi connectivity index (χ0n) is 16.4. The number of aryl methyl sites for hydroxylation is 1. The van der Waals surface area contributed by atoms with Crippen LogP contribution in [0.25, 0.3) is 21.0 Å². The van der Waals surface area contributed by atoms with Crippen molar-refractivity contribution in [2.75, 3.05) is 24.5 Å². The molecule has 0 aliphatic carbocycles. The minimum atomic E-state index is 0.0865. The molecule has 1 aliphatic rings. The van der Waals surface area contributed by atoms with Gasteiger partial charge in [0.1, 0.15) is 5.82 Å². The molecule has 0 radical (unpaired) electrons. The van der Waals surface area contributed by atoms with E-state index in [2.05, 4.69) is 53.5 Å². The molecule has 2 aromatic heterocycles. The van der Waals surface area contributed by atoms with Crippen LogP contribution in [-0.4, -0.2) is 30.7 Å². The van der Waals surface area contributed by atoms with E-state index < -0.39 is 0 Å². The van der Waals surface area contributed by atoms with Crippen molar-refractivity contribution in [2.45, 2.75) is 19.4 Å². The monoisotopic (exact) mass is 401 g/mol. The Balaban J connectivity index is 1.60. The lowest BCUT2D eigenvalue weighted by molar-refractivity contribution is 0.453. The van der Waals surface area contributed by atoms with E-state index in [1.54, 1.807) is 11.3 Å². The molecule has 1 atom stereocenters. The smallest absolute Gasteiger partial charge is 0.205 e. The van der Waals surface area contributed by atoms with Crippen LogP contribution >= 0.6 is 11.3 Å². The molecule has 1 aliphatic heterocycles. The van der Waals surface area contributed by atoms with Gasteiger partial charge in [-0.3, -0.25) is 4.79 Å². The lowest BCUT2D eigenvalue weighted by Gasteiger charge is -2.34. The Morgan fingerprint density at radius 1 is 1.10 bits per heavy atom. The molecule has 1 N–H and O–H groups in total. The van der Waals surface area contributed by atoms with Gasteiger partial charge in [0.15, 0.2) is 0 Å². The molecule has 0 unspecified atom stereocenters. The van der Waals surface area contributed by atoms with Gasteiger partial charge in [-0.1, -0.05) is 42.5 Å². The number of anilines is 1. The summed E-state index contributed by atoms with van der Waals surface area (Å²) in [6.45, 7) is 4.73. The number of nitrogens with one attached hydrogen (secondary N) is 1. The largest absolute Gasteiger partial charge is 0.353 e. The van der Waals surface area contributed by atoms with E-state index in [0.717, 1.165) is 52.4 Å². The zero-order chi connectivity index (χ0) is 19.8. The van der Waals surface area contributed by atoms with Gasteiger partial charge in [0.05, 0.1) is 10.2 Å². The van der Waals surface area contributed by atoms with Crippen LogP contribution in [0.4, 0.5) is 5.82 Å². The first-order chi connectivity index (χ1) is 14.2. The number of fused-ring (bicyclic) bond motifs is 2. The second kappa shape index (κ2) is 7.58. The molecule has 1 fully saturated rings. The van der Waals surface area contributed by atoms with Crippen LogP contribution in [0.1, 0.15) is 10.4 Å². The highest BCUT2D eigenvalue weighted by Crippen LogP contribution is 2.31. The Morgan fingerprint density at radius 2 is 1.90 bits per heavy atom. The van der Waals surface area contributed by atoms with Crippen LogP contribution in [0.5, 0.6) is 0 Å². The van der Waals surface area contributed by atoms with Crippen LogP contribution in [0.15, 0.2) is 65.5 Å². The maximum Gasteiger partial charge on any atom is 0.205 e. The fraction of sp³-hybridized carbons (Fsp3) is 0.250. The number of piperazine rings is 1. The second-order valence-corrected chi connectivity index (χ2v) is 8.92. The van der Waals surface area contributed by atoms with Crippen molar-refractivity contribution in [1.29, 1.82) is 0 Å². The number of nitrogens with zero attached hydrogens (tertiary/aromatic N) is 2. The molecule has 3 heterocycles. The Morgan fingerprint density at radius 3 is 2.76 bits per heavy atom. The standard InChI is InChI=1S/C24H23N3OS/c1-16-13-20-23(29-16)22(28)19-9-5-6-10-21(19)26-24(20)27-12-11-25-18(15-27)14-17-7-3-2-4-8-17/h2-10,13,18,25H,11-12,14-15H2,1H3/t18-/m0/s1. The molecule has 146 valence electrons. The Labute approximate surface area is 173 Å². The molecule has 5 heteroatoms. The van der Waals surface area contributed by atoms with Crippen molar-refractivity contribution in [3.05, 3.63) is 81.3 Å². The van der Waals surface area contributed by atoms with Gasteiger partial charge in [-0.2, -0.15) is 0 Å². The number of rotatable bonds is 3. The van der Waals surface area contributed by atoms with Crippen LogP contribution in [0, 0.1) is 6.92 Å². The first kappa shape index (κ1) is 18.3. The molecule has 0 amide bonds. The summed E-state index contributed by atoms with van der Waals surface area (Å²) >= 11 is 1.57. The molecule has 0 spiro atoms. The maximum atomic E-state index is 13.2. The molecule has 4 aromatic rings. The minimum absolute atomic E-state index is 0.0865. The van der Waals surface area contributed by atoms with Gasteiger partial charge in [0.25, 0.3) is 0 Å². The third-order valence-electron chi connectivity index (χ3n) is 5.56. The Bertz CT molecular complexity index is 1240. The van der Waals surface area contributed by atoms with Gasteiger partial charge < -0.3 is 10.2 Å². The van der Waals surface area contributed by atoms with E-state index in [4.69, 9.17) is 4.98 Å². The SMILES string of the molecule is Cc1cc2c(N3CCN[C@@H](Cc4ccccc4)C3)nc3ccccc3c(=O)c2s1. The molecule has 2 aromatic carbocycles. The molecular formula is C24H23N3OS. The van der Waals surface area contributed by atoms with Gasteiger partial charge in [0, 0.05) is 41.3 Å². The van der Waals surface area contributed by atoms with Crippen LogP contribution in [0.2, 0.25) is 0 Å².